The number of aryl methyl sites for hydroxylation is 1. The zero-order chi connectivity index (χ0) is 31.2. The number of carbonyl (C=O) groups is 1. The lowest BCUT2D eigenvalue weighted by atomic mass is 9.73. The molecule has 2 fully saturated rings. The van der Waals surface area contributed by atoms with Crippen LogP contribution in [0.15, 0.2) is 18.7 Å². The number of fused-ring (bicyclic) bond motifs is 1. The van der Waals surface area contributed by atoms with Gasteiger partial charge in [0.05, 0.1) is 16.9 Å². The van der Waals surface area contributed by atoms with E-state index in [1.54, 1.807) is 4.90 Å². The Morgan fingerprint density at radius 2 is 1.95 bits per heavy atom. The second-order valence-electron chi connectivity index (χ2n) is 12.2. The summed E-state index contributed by atoms with van der Waals surface area (Å²) < 4.78 is 64.6. The van der Waals surface area contributed by atoms with Gasteiger partial charge in [0, 0.05) is 42.8 Å². The van der Waals surface area contributed by atoms with Gasteiger partial charge in [-0.3, -0.25) is 4.79 Å². The lowest BCUT2D eigenvalue weighted by Crippen LogP contribution is -2.54. The van der Waals surface area contributed by atoms with Crippen LogP contribution in [0.2, 0.25) is 0 Å². The monoisotopic (exact) mass is 604 g/mol. The molecule has 43 heavy (non-hydrogen) atoms. The Balaban J connectivity index is 1.56. The number of carbonyl (C=O) groups excluding carboxylic acids is 1. The number of benzene rings is 1. The molecule has 2 aromatic rings. The summed E-state index contributed by atoms with van der Waals surface area (Å²) in [6.07, 6.45) is -0.960. The molecule has 1 amide bonds. The molecular weight excluding hydrogens is 564 g/mol. The van der Waals surface area contributed by atoms with Gasteiger partial charge in [-0.15, -0.1) is 0 Å². The third-order valence-corrected chi connectivity index (χ3v) is 9.32. The van der Waals surface area contributed by atoms with Crippen molar-refractivity contribution in [1.82, 2.24) is 19.8 Å². The normalized spacial score (nSPS) is 24.7. The van der Waals surface area contributed by atoms with E-state index in [-0.39, 0.29) is 47.6 Å². The molecule has 1 aliphatic carbocycles. The van der Waals surface area contributed by atoms with E-state index in [1.807, 2.05) is 20.9 Å². The maximum atomic E-state index is 15.5. The first-order valence-corrected chi connectivity index (χ1v) is 14.9. The van der Waals surface area contributed by atoms with Gasteiger partial charge in [0.2, 0.25) is 5.91 Å². The lowest BCUT2D eigenvalue weighted by Gasteiger charge is -2.42. The highest BCUT2D eigenvalue weighted by Crippen LogP contribution is 2.47. The smallest absolute Gasteiger partial charge is 0.417 e. The van der Waals surface area contributed by atoms with Gasteiger partial charge in [-0.1, -0.05) is 13.5 Å². The quantitative estimate of drug-likeness (QED) is 0.290. The SMILES string of the molecule is C=CC(=O)N1CCN(c2nc(OC[C@@H]3CCCN3C)nc3c2C[C@H](C)[C@@H](c2c(F)c(N)cc(C)c2C(F)(F)F)C3)[C@@H](C)C1. The number of nitrogens with two attached hydrogens (primary N) is 1. The summed E-state index contributed by atoms with van der Waals surface area (Å²) in [4.78, 5) is 27.9. The molecular formula is C31H40F4N6O2. The van der Waals surface area contributed by atoms with Crippen molar-refractivity contribution in [3.05, 3.63) is 52.5 Å². The maximum Gasteiger partial charge on any atom is 0.417 e. The Morgan fingerprint density at radius 3 is 2.58 bits per heavy atom. The number of nitrogens with zero attached hydrogens (tertiary/aromatic N) is 5. The molecule has 0 spiro atoms. The van der Waals surface area contributed by atoms with Crippen LogP contribution in [-0.4, -0.2) is 77.6 Å². The van der Waals surface area contributed by atoms with Crippen molar-refractivity contribution >= 4 is 17.4 Å². The maximum absolute atomic E-state index is 15.5. The van der Waals surface area contributed by atoms with Crippen LogP contribution in [0.25, 0.3) is 0 Å². The van der Waals surface area contributed by atoms with E-state index >= 15 is 4.39 Å². The minimum absolute atomic E-state index is 0.0813. The van der Waals surface area contributed by atoms with Crippen molar-refractivity contribution in [2.24, 2.45) is 5.92 Å². The van der Waals surface area contributed by atoms with Gasteiger partial charge in [0.25, 0.3) is 0 Å². The Labute approximate surface area is 249 Å². The molecule has 0 unspecified atom stereocenters. The minimum atomic E-state index is -4.75. The zero-order valence-electron chi connectivity index (χ0n) is 25.2. The van der Waals surface area contributed by atoms with Gasteiger partial charge in [-0.05, 0) is 82.7 Å². The summed E-state index contributed by atoms with van der Waals surface area (Å²) in [5.41, 5.74) is 5.46. The number of halogens is 4. The lowest BCUT2D eigenvalue weighted by molar-refractivity contribution is -0.139. The highest BCUT2D eigenvalue weighted by atomic mass is 19.4. The van der Waals surface area contributed by atoms with Crippen LogP contribution in [0.4, 0.5) is 29.1 Å². The summed E-state index contributed by atoms with van der Waals surface area (Å²) in [6.45, 7) is 11.5. The molecule has 2 saturated heterocycles. The van der Waals surface area contributed by atoms with Crippen LogP contribution in [0, 0.1) is 18.7 Å². The largest absolute Gasteiger partial charge is 0.462 e. The average Bonchev–Trinajstić information content (AvgIpc) is 3.36. The first kappa shape index (κ1) is 31.0. The van der Waals surface area contributed by atoms with Crippen LogP contribution >= 0.6 is 0 Å². The van der Waals surface area contributed by atoms with Crippen molar-refractivity contribution < 1.29 is 27.1 Å². The molecule has 12 heteroatoms. The zero-order valence-corrected chi connectivity index (χ0v) is 25.2. The number of alkyl halides is 3. The molecule has 5 rings (SSSR count). The number of likely N-dealkylation sites (N-methyl/N-ethyl adjacent to an activating group) is 1. The third-order valence-electron chi connectivity index (χ3n) is 9.32. The fourth-order valence-corrected chi connectivity index (χ4v) is 6.97. The van der Waals surface area contributed by atoms with Crippen molar-refractivity contribution in [2.45, 2.75) is 70.6 Å². The van der Waals surface area contributed by atoms with Gasteiger partial charge in [0.1, 0.15) is 18.2 Å². The molecule has 2 aliphatic heterocycles. The predicted octanol–water partition coefficient (Wildman–Crippen LogP) is 4.74. The second-order valence-corrected chi connectivity index (χ2v) is 12.2. The number of ether oxygens (including phenoxy) is 1. The van der Waals surface area contributed by atoms with E-state index in [0.29, 0.717) is 44.2 Å². The summed E-state index contributed by atoms with van der Waals surface area (Å²) >= 11 is 0. The Hall–Kier alpha value is -3.41. The third kappa shape index (κ3) is 6.03. The number of hydrogen-bond donors (Lipinski definition) is 1. The number of likely N-dealkylation sites (tertiary alicyclic amines) is 1. The van der Waals surface area contributed by atoms with Crippen molar-refractivity contribution in [3.63, 3.8) is 0 Å². The van der Waals surface area contributed by atoms with Gasteiger partial charge >= 0.3 is 12.2 Å². The summed E-state index contributed by atoms with van der Waals surface area (Å²) in [5.74, 6) is -1.67. The van der Waals surface area contributed by atoms with Gasteiger partial charge in [-0.25, -0.2) is 4.39 Å². The van der Waals surface area contributed by atoms with Crippen LogP contribution in [0.3, 0.4) is 0 Å². The number of nitrogen functional groups attached to an aromatic ring is 1. The Bertz CT molecular complexity index is 1400. The van der Waals surface area contributed by atoms with Crippen LogP contribution in [0.5, 0.6) is 6.01 Å². The van der Waals surface area contributed by atoms with Crippen LogP contribution in [-0.2, 0) is 23.8 Å². The average molecular weight is 605 g/mol. The van der Waals surface area contributed by atoms with Crippen molar-refractivity contribution in [2.75, 3.05) is 50.5 Å². The first-order chi connectivity index (χ1) is 20.3. The fraction of sp³-hybridized carbons (Fsp3) is 0.581. The molecule has 234 valence electrons. The molecule has 1 aromatic heterocycles. The van der Waals surface area contributed by atoms with E-state index in [1.165, 1.54) is 13.0 Å². The highest BCUT2D eigenvalue weighted by Gasteiger charge is 2.43. The van der Waals surface area contributed by atoms with Crippen LogP contribution in [0.1, 0.15) is 60.6 Å². The minimum Gasteiger partial charge on any atom is -0.462 e. The highest BCUT2D eigenvalue weighted by molar-refractivity contribution is 5.87. The van der Waals surface area contributed by atoms with Crippen LogP contribution < -0.4 is 15.4 Å². The fourth-order valence-electron chi connectivity index (χ4n) is 6.97. The van der Waals surface area contributed by atoms with E-state index < -0.39 is 29.0 Å². The number of piperazine rings is 1. The molecule has 3 heterocycles. The van der Waals surface area contributed by atoms with E-state index in [0.717, 1.165) is 31.0 Å². The standard InChI is InChI=1S/C31H40F4N6O2/c1-6-25(42)40-10-11-41(19(4)15-40)29-22-12-17(2)21(26-27(31(33,34)35)18(3)13-23(36)28(26)32)14-24(22)37-30(38-29)43-16-20-8-7-9-39(20)5/h6,13,17,19-21H,1,7-12,14-16,36H2,2-5H3/t17-,19-,20-,21-/m0/s1. The second kappa shape index (κ2) is 11.9. The summed E-state index contributed by atoms with van der Waals surface area (Å²) in [7, 11) is 2.04. The number of aromatic nitrogens is 2. The van der Waals surface area contributed by atoms with Crippen molar-refractivity contribution in [1.29, 1.82) is 0 Å². The number of rotatable bonds is 6. The van der Waals surface area contributed by atoms with E-state index in [2.05, 4.69) is 16.4 Å². The van der Waals surface area contributed by atoms with Gasteiger partial charge < -0.3 is 25.2 Å². The first-order valence-electron chi connectivity index (χ1n) is 14.9. The number of amides is 1. The Kier molecular flexibility index (Phi) is 8.61. The Morgan fingerprint density at radius 1 is 1.21 bits per heavy atom. The molecule has 0 radical (unpaired) electrons. The van der Waals surface area contributed by atoms with E-state index in [9.17, 15) is 18.0 Å². The molecule has 1 aromatic carbocycles. The van der Waals surface area contributed by atoms with Gasteiger partial charge in [-0.2, -0.15) is 23.1 Å². The molecule has 0 bridgehead atoms. The number of anilines is 2. The predicted molar refractivity (Wildman–Crippen MR) is 157 cm³/mol. The summed E-state index contributed by atoms with van der Waals surface area (Å²) in [6, 6.07) is 1.32. The van der Waals surface area contributed by atoms with Gasteiger partial charge in [0.15, 0.2) is 0 Å². The summed E-state index contributed by atoms with van der Waals surface area (Å²) in [5, 5.41) is 0. The molecule has 0 saturated carbocycles. The molecule has 8 nitrogen and oxygen atoms in total. The van der Waals surface area contributed by atoms with E-state index in [4.69, 9.17) is 20.4 Å². The topological polar surface area (TPSA) is 87.8 Å². The molecule has 2 N–H and O–H groups in total. The number of hydrogen-bond acceptors (Lipinski definition) is 7. The molecule has 4 atom stereocenters. The van der Waals surface area contributed by atoms with Crippen molar-refractivity contribution in [3.8, 4) is 6.01 Å². The molecule has 3 aliphatic rings.